The molecule has 2 aromatic carbocycles. The molecule has 6 heteroatoms. The van der Waals surface area contributed by atoms with Crippen LogP contribution in [0.5, 0.6) is 0 Å². The van der Waals surface area contributed by atoms with Crippen LogP contribution in [0.15, 0.2) is 54.2 Å². The molecule has 0 aliphatic carbocycles. The monoisotopic (exact) mass is 384 g/mol. The van der Waals surface area contributed by atoms with Gasteiger partial charge in [0.1, 0.15) is 5.70 Å². The van der Waals surface area contributed by atoms with E-state index in [-0.39, 0.29) is 17.5 Å². The quantitative estimate of drug-likeness (QED) is 0.581. The number of rotatable bonds is 7. The maximum atomic E-state index is 13.0. The molecular weight excluding hydrogens is 364 g/mol. The van der Waals surface area contributed by atoms with E-state index >= 15 is 0 Å². The first-order valence-electron chi connectivity index (χ1n) is 8.71. The van der Waals surface area contributed by atoms with Crippen molar-refractivity contribution in [3.63, 3.8) is 0 Å². The van der Waals surface area contributed by atoms with E-state index in [9.17, 15) is 9.59 Å². The minimum atomic E-state index is -0.339. The largest absolute Gasteiger partial charge is 0.385 e. The highest BCUT2D eigenvalue weighted by Gasteiger charge is 2.38. The lowest BCUT2D eigenvalue weighted by molar-refractivity contribution is -0.136. The van der Waals surface area contributed by atoms with Crippen LogP contribution in [0.4, 0.5) is 5.69 Å². The molecule has 0 fully saturated rings. The number of methoxy groups -OCH3 is 1. The van der Waals surface area contributed by atoms with Crippen molar-refractivity contribution < 1.29 is 14.3 Å². The van der Waals surface area contributed by atoms with E-state index < -0.39 is 0 Å². The first kappa shape index (κ1) is 19.1. The fraction of sp³-hybridized carbons (Fsp3) is 0.238. The van der Waals surface area contributed by atoms with Gasteiger partial charge in [0.15, 0.2) is 0 Å². The zero-order valence-electron chi connectivity index (χ0n) is 15.3. The van der Waals surface area contributed by atoms with Crippen molar-refractivity contribution in [1.29, 1.82) is 0 Å². The molecule has 0 saturated carbocycles. The van der Waals surface area contributed by atoms with E-state index in [4.69, 9.17) is 16.3 Å². The zero-order chi connectivity index (χ0) is 19.4. The number of anilines is 1. The molecule has 0 spiro atoms. The summed E-state index contributed by atoms with van der Waals surface area (Å²) in [7, 11) is 1.59. The van der Waals surface area contributed by atoms with Gasteiger partial charge in [0.2, 0.25) is 0 Å². The highest BCUT2D eigenvalue weighted by molar-refractivity contribution is 6.36. The molecule has 1 N–H and O–H groups in total. The van der Waals surface area contributed by atoms with Crippen molar-refractivity contribution in [3.05, 3.63) is 70.4 Å². The highest BCUT2D eigenvalue weighted by Crippen LogP contribution is 2.32. The number of aryl methyl sites for hydroxylation is 1. The number of amides is 2. The molecule has 3 rings (SSSR count). The molecule has 1 aliphatic rings. The van der Waals surface area contributed by atoms with Crippen LogP contribution in [0.1, 0.15) is 17.5 Å². The van der Waals surface area contributed by atoms with Crippen molar-refractivity contribution in [2.75, 3.05) is 25.6 Å². The summed E-state index contributed by atoms with van der Waals surface area (Å²) < 4.78 is 5.04. The van der Waals surface area contributed by atoms with Crippen LogP contribution in [-0.2, 0) is 14.3 Å². The average Bonchev–Trinajstić information content (AvgIpc) is 2.90. The Balaban J connectivity index is 2.01. The SMILES string of the molecule is COCCCN1C(=O)C(Nc2cc(Cl)ccc2C)=C(c2ccccc2)C1=O. The molecule has 0 unspecified atom stereocenters. The molecule has 1 aliphatic heterocycles. The summed E-state index contributed by atoms with van der Waals surface area (Å²) in [5.74, 6) is -0.640. The van der Waals surface area contributed by atoms with Crippen LogP contribution in [0, 0.1) is 6.92 Å². The number of hydrogen-bond donors (Lipinski definition) is 1. The highest BCUT2D eigenvalue weighted by atomic mass is 35.5. The maximum absolute atomic E-state index is 13.0. The smallest absolute Gasteiger partial charge is 0.278 e. The summed E-state index contributed by atoms with van der Waals surface area (Å²) in [5, 5.41) is 3.71. The van der Waals surface area contributed by atoms with Crippen LogP contribution in [0.3, 0.4) is 0 Å². The van der Waals surface area contributed by atoms with Gasteiger partial charge in [0, 0.05) is 31.0 Å². The van der Waals surface area contributed by atoms with Gasteiger partial charge in [0.05, 0.1) is 5.57 Å². The van der Waals surface area contributed by atoms with Gasteiger partial charge in [0.25, 0.3) is 11.8 Å². The normalized spacial score (nSPS) is 14.3. The second-order valence-electron chi connectivity index (χ2n) is 6.31. The molecule has 27 heavy (non-hydrogen) atoms. The summed E-state index contributed by atoms with van der Waals surface area (Å²) in [6, 6.07) is 14.6. The molecule has 2 amide bonds. The molecule has 0 aromatic heterocycles. The second-order valence-corrected chi connectivity index (χ2v) is 6.75. The van der Waals surface area contributed by atoms with Crippen LogP contribution in [-0.4, -0.2) is 37.0 Å². The third-order valence-corrected chi connectivity index (χ3v) is 4.66. The van der Waals surface area contributed by atoms with E-state index in [2.05, 4.69) is 5.32 Å². The van der Waals surface area contributed by atoms with Crippen molar-refractivity contribution in [2.24, 2.45) is 0 Å². The number of hydrogen-bond acceptors (Lipinski definition) is 4. The van der Waals surface area contributed by atoms with Gasteiger partial charge in [-0.05, 0) is 36.6 Å². The van der Waals surface area contributed by atoms with Gasteiger partial charge < -0.3 is 10.1 Å². The van der Waals surface area contributed by atoms with E-state index in [1.54, 1.807) is 19.2 Å². The van der Waals surface area contributed by atoms with Gasteiger partial charge in [-0.15, -0.1) is 0 Å². The summed E-state index contributed by atoms with van der Waals surface area (Å²) in [6.07, 6.45) is 0.583. The third-order valence-electron chi connectivity index (χ3n) is 4.42. The molecule has 0 atom stereocenters. The van der Waals surface area contributed by atoms with Gasteiger partial charge in [-0.2, -0.15) is 0 Å². The van der Waals surface area contributed by atoms with Gasteiger partial charge >= 0.3 is 0 Å². The molecule has 0 saturated heterocycles. The summed E-state index contributed by atoms with van der Waals surface area (Å²) in [5.41, 5.74) is 2.97. The molecule has 0 radical (unpaired) electrons. The van der Waals surface area contributed by atoms with Crippen molar-refractivity contribution >= 4 is 34.7 Å². The van der Waals surface area contributed by atoms with E-state index in [1.807, 2.05) is 43.3 Å². The molecule has 140 valence electrons. The Morgan fingerprint density at radius 2 is 1.81 bits per heavy atom. The molecule has 5 nitrogen and oxygen atoms in total. The number of carbonyl (C=O) groups is 2. The lowest BCUT2D eigenvalue weighted by atomic mass is 10.0. The standard InChI is InChI=1S/C21H21ClN2O3/c1-14-9-10-16(22)13-17(14)23-19-18(15-7-4-3-5-8-15)20(25)24(21(19)26)11-6-12-27-2/h3-5,7-10,13,23H,6,11-12H2,1-2H3. The van der Waals surface area contributed by atoms with Crippen LogP contribution >= 0.6 is 11.6 Å². The van der Waals surface area contributed by atoms with Crippen molar-refractivity contribution in [3.8, 4) is 0 Å². The van der Waals surface area contributed by atoms with E-state index in [1.165, 1.54) is 4.90 Å². The first-order chi connectivity index (χ1) is 13.0. The second kappa shape index (κ2) is 8.37. The lowest BCUT2D eigenvalue weighted by Gasteiger charge is -2.15. The predicted molar refractivity (Wildman–Crippen MR) is 106 cm³/mol. The molecule has 0 bridgehead atoms. The molecule has 1 heterocycles. The Kier molecular flexibility index (Phi) is 5.94. The lowest BCUT2D eigenvalue weighted by Crippen LogP contribution is -2.33. The van der Waals surface area contributed by atoms with Crippen molar-refractivity contribution in [1.82, 2.24) is 4.90 Å². The van der Waals surface area contributed by atoms with Crippen LogP contribution in [0.2, 0.25) is 5.02 Å². The number of ether oxygens (including phenoxy) is 1. The number of nitrogens with one attached hydrogen (secondary N) is 1. The minimum Gasteiger partial charge on any atom is -0.385 e. The number of halogens is 1. The Hall–Kier alpha value is -2.63. The van der Waals surface area contributed by atoms with Crippen molar-refractivity contribution in [2.45, 2.75) is 13.3 Å². The third kappa shape index (κ3) is 4.04. The number of imide groups is 1. The summed E-state index contributed by atoms with van der Waals surface area (Å²) in [4.78, 5) is 27.3. The Morgan fingerprint density at radius 1 is 1.07 bits per heavy atom. The zero-order valence-corrected chi connectivity index (χ0v) is 16.0. The Bertz CT molecular complexity index is 894. The fourth-order valence-electron chi connectivity index (χ4n) is 3.00. The summed E-state index contributed by atoms with van der Waals surface area (Å²) in [6.45, 7) is 2.70. The molecular formula is C21H21ClN2O3. The number of carbonyl (C=O) groups excluding carboxylic acids is 2. The minimum absolute atomic E-state index is 0.272. The summed E-state index contributed by atoms with van der Waals surface area (Å²) >= 11 is 6.10. The predicted octanol–water partition coefficient (Wildman–Crippen LogP) is 3.88. The van der Waals surface area contributed by atoms with Gasteiger partial charge in [-0.25, -0.2) is 0 Å². The van der Waals surface area contributed by atoms with Gasteiger partial charge in [-0.3, -0.25) is 14.5 Å². The van der Waals surface area contributed by atoms with E-state index in [0.29, 0.717) is 41.4 Å². The maximum Gasteiger partial charge on any atom is 0.278 e. The van der Waals surface area contributed by atoms with E-state index in [0.717, 1.165) is 5.56 Å². The van der Waals surface area contributed by atoms with Gasteiger partial charge in [-0.1, -0.05) is 48.0 Å². The van der Waals surface area contributed by atoms with Crippen LogP contribution < -0.4 is 5.32 Å². The average molecular weight is 385 g/mol. The number of benzene rings is 2. The topological polar surface area (TPSA) is 58.6 Å². The Morgan fingerprint density at radius 3 is 2.52 bits per heavy atom. The molecule has 2 aromatic rings. The fourth-order valence-corrected chi connectivity index (χ4v) is 3.17. The first-order valence-corrected chi connectivity index (χ1v) is 9.08. The van der Waals surface area contributed by atoms with Crippen LogP contribution in [0.25, 0.3) is 5.57 Å². The Labute approximate surface area is 163 Å². The number of nitrogens with zero attached hydrogens (tertiary/aromatic N) is 1.